The van der Waals surface area contributed by atoms with E-state index in [0.29, 0.717) is 28.1 Å². The van der Waals surface area contributed by atoms with Gasteiger partial charge in [-0.15, -0.1) is 28.1 Å². The second-order valence-electron chi connectivity index (χ2n) is 7.44. The number of nitrogens with zero attached hydrogens (tertiary/aromatic N) is 3. The van der Waals surface area contributed by atoms with Crippen LogP contribution >= 0.6 is 23.1 Å². The van der Waals surface area contributed by atoms with E-state index in [0.717, 1.165) is 35.2 Å². The molecule has 1 atom stereocenters. The van der Waals surface area contributed by atoms with E-state index in [1.807, 2.05) is 6.92 Å². The molecule has 0 aliphatic carbocycles. The number of benzene rings is 1. The Kier molecular flexibility index (Phi) is 9.59. The minimum atomic E-state index is -0.829. The normalized spacial score (nSPS) is 11.7. The fraction of sp³-hybridized carbons (Fsp3) is 0.333. The Morgan fingerprint density at radius 3 is 2.72 bits per heavy atom. The second kappa shape index (κ2) is 12.6. The Labute approximate surface area is 215 Å². The molecular formula is C24H26F2N4O4S2. The van der Waals surface area contributed by atoms with E-state index in [9.17, 15) is 18.4 Å². The summed E-state index contributed by atoms with van der Waals surface area (Å²) in [7, 11) is 0. The van der Waals surface area contributed by atoms with Gasteiger partial charge in [0, 0.05) is 17.5 Å². The van der Waals surface area contributed by atoms with Gasteiger partial charge in [0.2, 0.25) is 5.91 Å². The van der Waals surface area contributed by atoms with Crippen LogP contribution in [0, 0.1) is 11.6 Å². The van der Waals surface area contributed by atoms with Crippen molar-refractivity contribution < 1.29 is 27.8 Å². The number of allylic oxidation sites excluding steroid dienone is 1. The van der Waals surface area contributed by atoms with Gasteiger partial charge in [0.05, 0.1) is 17.9 Å². The van der Waals surface area contributed by atoms with Crippen molar-refractivity contribution in [2.45, 2.75) is 45.0 Å². The largest absolute Gasteiger partial charge is 0.480 e. The van der Waals surface area contributed by atoms with Crippen LogP contribution in [0.1, 0.15) is 47.9 Å². The van der Waals surface area contributed by atoms with Crippen LogP contribution in [-0.2, 0) is 22.5 Å². The van der Waals surface area contributed by atoms with E-state index >= 15 is 0 Å². The molecule has 0 saturated carbocycles. The highest BCUT2D eigenvalue weighted by molar-refractivity contribution is 7.99. The molecule has 0 fully saturated rings. The highest BCUT2D eigenvalue weighted by Gasteiger charge is 2.22. The van der Waals surface area contributed by atoms with Crippen molar-refractivity contribution in [3.8, 4) is 5.75 Å². The molecule has 0 spiro atoms. The average molecular weight is 537 g/mol. The topological polar surface area (TPSA) is 95.3 Å². The minimum absolute atomic E-state index is 0.00126. The van der Waals surface area contributed by atoms with Gasteiger partial charge in [0.1, 0.15) is 10.8 Å². The molecule has 2 aromatic heterocycles. The number of anilines is 1. The third-order valence-corrected chi connectivity index (χ3v) is 6.99. The maximum absolute atomic E-state index is 14.0. The van der Waals surface area contributed by atoms with Gasteiger partial charge in [0.25, 0.3) is 0 Å². The predicted octanol–water partition coefficient (Wildman–Crippen LogP) is 5.41. The Hall–Kier alpha value is -3.25. The number of carbonyl (C=O) groups is 2. The Balaban J connectivity index is 1.70. The first-order valence-corrected chi connectivity index (χ1v) is 13.0. The van der Waals surface area contributed by atoms with Crippen molar-refractivity contribution in [2.24, 2.45) is 0 Å². The number of halogens is 2. The first kappa shape index (κ1) is 27.3. The summed E-state index contributed by atoms with van der Waals surface area (Å²) in [6.07, 6.45) is 1.63. The van der Waals surface area contributed by atoms with Gasteiger partial charge in [-0.05, 0) is 38.5 Å². The number of rotatable bonds is 12. The smallest absolute Gasteiger partial charge is 0.341 e. The maximum Gasteiger partial charge on any atom is 0.341 e. The zero-order chi connectivity index (χ0) is 26.2. The summed E-state index contributed by atoms with van der Waals surface area (Å²) in [5.41, 5.74) is 0.327. The van der Waals surface area contributed by atoms with Crippen molar-refractivity contribution in [2.75, 3.05) is 17.7 Å². The molecule has 3 rings (SSSR count). The van der Waals surface area contributed by atoms with E-state index in [1.165, 1.54) is 17.4 Å². The van der Waals surface area contributed by atoms with E-state index in [2.05, 4.69) is 22.1 Å². The number of hydrogen-bond donors (Lipinski definition) is 1. The van der Waals surface area contributed by atoms with Crippen LogP contribution in [0.3, 0.4) is 0 Å². The second-order valence-corrected chi connectivity index (χ2v) is 9.52. The van der Waals surface area contributed by atoms with Gasteiger partial charge in [-0.1, -0.05) is 24.8 Å². The lowest BCUT2D eigenvalue weighted by atomic mass is 10.2. The van der Waals surface area contributed by atoms with Crippen LogP contribution in [0.25, 0.3) is 0 Å². The molecule has 1 unspecified atom stereocenters. The Morgan fingerprint density at radius 2 is 2.06 bits per heavy atom. The lowest BCUT2D eigenvalue weighted by Gasteiger charge is -2.16. The Morgan fingerprint density at radius 1 is 1.28 bits per heavy atom. The number of amides is 1. The predicted molar refractivity (Wildman–Crippen MR) is 135 cm³/mol. The molecule has 3 aromatic rings. The third-order valence-electron chi connectivity index (χ3n) is 4.83. The first-order chi connectivity index (χ1) is 17.3. The summed E-state index contributed by atoms with van der Waals surface area (Å²) < 4.78 is 39.6. The summed E-state index contributed by atoms with van der Waals surface area (Å²) in [4.78, 5) is 25.9. The average Bonchev–Trinajstić information content (AvgIpc) is 3.44. The molecule has 0 aliphatic heterocycles. The van der Waals surface area contributed by atoms with Crippen molar-refractivity contribution >= 4 is 40.0 Å². The van der Waals surface area contributed by atoms with E-state index in [4.69, 9.17) is 9.47 Å². The van der Waals surface area contributed by atoms with Crippen LogP contribution in [0.4, 0.5) is 13.8 Å². The molecular weight excluding hydrogens is 510 g/mol. The molecule has 36 heavy (non-hydrogen) atoms. The van der Waals surface area contributed by atoms with Crippen molar-refractivity contribution in [1.29, 1.82) is 0 Å². The van der Waals surface area contributed by atoms with Crippen LogP contribution in [0.5, 0.6) is 5.75 Å². The fourth-order valence-corrected chi connectivity index (χ4v) is 4.94. The number of aryl methyl sites for hydroxylation is 1. The van der Waals surface area contributed by atoms with Crippen LogP contribution in [0.15, 0.2) is 42.1 Å². The molecule has 1 amide bonds. The number of ether oxygens (including phenoxy) is 2. The lowest BCUT2D eigenvalue weighted by molar-refractivity contribution is -0.113. The van der Waals surface area contributed by atoms with Gasteiger partial charge in [-0.2, -0.15) is 0 Å². The quantitative estimate of drug-likeness (QED) is 0.188. The number of thioether (sulfide) groups is 1. The number of nitrogens with one attached hydrogen (secondary N) is 1. The number of carbonyl (C=O) groups excluding carboxylic acids is 2. The van der Waals surface area contributed by atoms with Gasteiger partial charge >= 0.3 is 5.97 Å². The molecule has 12 heteroatoms. The van der Waals surface area contributed by atoms with Gasteiger partial charge in [-0.25, -0.2) is 13.6 Å². The summed E-state index contributed by atoms with van der Waals surface area (Å²) >= 11 is 2.47. The molecule has 1 aromatic carbocycles. The number of esters is 1. The summed E-state index contributed by atoms with van der Waals surface area (Å²) in [6, 6.07) is 4.77. The minimum Gasteiger partial charge on any atom is -0.480 e. The van der Waals surface area contributed by atoms with Crippen molar-refractivity contribution in [3.63, 3.8) is 0 Å². The van der Waals surface area contributed by atoms with Gasteiger partial charge in [0.15, 0.2) is 28.7 Å². The van der Waals surface area contributed by atoms with Crippen LogP contribution in [-0.4, -0.2) is 39.0 Å². The SMILES string of the molecule is C=CCn1c(SCC(=O)Nc2sc(CC)cc2C(=O)OCC)nnc1C(C)Oc1ccc(F)cc1F. The number of aromatic nitrogens is 3. The van der Waals surface area contributed by atoms with Crippen molar-refractivity contribution in [1.82, 2.24) is 14.8 Å². The number of hydrogen-bond acceptors (Lipinski definition) is 8. The highest BCUT2D eigenvalue weighted by Crippen LogP contribution is 2.30. The van der Waals surface area contributed by atoms with E-state index < -0.39 is 23.7 Å². The van der Waals surface area contributed by atoms with Gasteiger partial charge in [-0.3, -0.25) is 9.36 Å². The van der Waals surface area contributed by atoms with Crippen LogP contribution < -0.4 is 10.1 Å². The molecule has 0 saturated heterocycles. The third kappa shape index (κ3) is 6.70. The van der Waals surface area contributed by atoms with E-state index in [1.54, 1.807) is 30.6 Å². The lowest BCUT2D eigenvalue weighted by Crippen LogP contribution is -2.17. The molecule has 0 aliphatic rings. The summed E-state index contributed by atoms with van der Waals surface area (Å²) in [5, 5.41) is 11.9. The molecule has 8 nitrogen and oxygen atoms in total. The summed E-state index contributed by atoms with van der Waals surface area (Å²) in [5.74, 6) is -2.09. The zero-order valence-electron chi connectivity index (χ0n) is 20.0. The first-order valence-electron chi connectivity index (χ1n) is 11.1. The molecule has 0 radical (unpaired) electrons. The maximum atomic E-state index is 14.0. The molecule has 2 heterocycles. The van der Waals surface area contributed by atoms with E-state index in [-0.39, 0.29) is 24.0 Å². The zero-order valence-corrected chi connectivity index (χ0v) is 21.7. The fourth-order valence-electron chi connectivity index (χ4n) is 3.18. The molecule has 1 N–H and O–H groups in total. The number of thiophene rings is 1. The monoisotopic (exact) mass is 536 g/mol. The van der Waals surface area contributed by atoms with Crippen LogP contribution in [0.2, 0.25) is 0 Å². The molecule has 0 bridgehead atoms. The Bertz CT molecular complexity index is 1240. The summed E-state index contributed by atoms with van der Waals surface area (Å²) in [6.45, 7) is 9.63. The highest BCUT2D eigenvalue weighted by atomic mass is 32.2. The van der Waals surface area contributed by atoms with Gasteiger partial charge < -0.3 is 14.8 Å². The van der Waals surface area contributed by atoms with Crippen molar-refractivity contribution in [3.05, 3.63) is 64.8 Å². The molecule has 192 valence electrons. The standard InChI is InChI=1S/C24H26F2N4O4S2/c1-5-10-30-21(14(4)34-19-9-8-15(25)11-18(19)26)28-29-24(30)35-13-20(31)27-22-17(23(32)33-7-3)12-16(6-2)36-22/h5,8-9,11-12,14H,1,6-7,10,13H2,2-4H3,(H,27,31).